The van der Waals surface area contributed by atoms with Gasteiger partial charge in [0.1, 0.15) is 0 Å². The molecule has 1 aliphatic carbocycles. The molecule has 1 saturated carbocycles. The molecule has 0 bridgehead atoms. The van der Waals surface area contributed by atoms with Crippen LogP contribution < -0.4 is 25.3 Å². The average molecular weight is 266 g/mol. The second kappa shape index (κ2) is 5.36. The number of amides is 1. The molecule has 0 spiro atoms. The molecule has 6 nitrogen and oxygen atoms in total. The zero-order valence-corrected chi connectivity index (χ0v) is 11.2. The fraction of sp³-hybridized carbons (Fsp3) is 0.462. The maximum Gasteiger partial charge on any atom is 0.251 e. The van der Waals surface area contributed by atoms with Gasteiger partial charge in [0.15, 0.2) is 11.5 Å². The van der Waals surface area contributed by atoms with Gasteiger partial charge in [0.05, 0.1) is 21.3 Å². The first kappa shape index (κ1) is 13.5. The molecule has 2 rings (SSSR count). The molecular weight excluding hydrogens is 248 g/mol. The summed E-state index contributed by atoms with van der Waals surface area (Å²) in [5.74, 6) is 1.17. The molecule has 0 aliphatic heterocycles. The monoisotopic (exact) mass is 266 g/mol. The molecule has 0 saturated heterocycles. The second-order valence-electron chi connectivity index (χ2n) is 4.39. The molecule has 0 radical (unpaired) electrons. The smallest absolute Gasteiger partial charge is 0.251 e. The molecule has 1 aliphatic rings. The van der Waals surface area contributed by atoms with Crippen molar-refractivity contribution in [2.75, 3.05) is 21.3 Å². The third-order valence-electron chi connectivity index (χ3n) is 3.08. The predicted octanol–water partition coefficient (Wildman–Crippen LogP) is 0.542. The Kier molecular flexibility index (Phi) is 3.80. The summed E-state index contributed by atoms with van der Waals surface area (Å²) in [7, 11) is 4.54. The Balaban J connectivity index is 2.27. The first-order chi connectivity index (χ1) is 9.10. The molecule has 0 aromatic heterocycles. The number of hydrogen-bond acceptors (Lipinski definition) is 5. The van der Waals surface area contributed by atoms with E-state index in [1.165, 1.54) is 21.3 Å². The fourth-order valence-corrected chi connectivity index (χ4v) is 1.84. The van der Waals surface area contributed by atoms with Crippen molar-refractivity contribution in [2.45, 2.75) is 18.5 Å². The molecule has 1 amide bonds. The van der Waals surface area contributed by atoms with Crippen molar-refractivity contribution in [2.24, 2.45) is 5.73 Å². The van der Waals surface area contributed by atoms with Crippen LogP contribution in [0.3, 0.4) is 0 Å². The molecule has 1 fully saturated rings. The Morgan fingerprint density at radius 2 is 1.74 bits per heavy atom. The van der Waals surface area contributed by atoms with Crippen LogP contribution in [0.5, 0.6) is 17.2 Å². The summed E-state index contributed by atoms with van der Waals surface area (Å²) in [6.07, 6.45) is 0.816. The Morgan fingerprint density at radius 1 is 1.21 bits per heavy atom. The van der Waals surface area contributed by atoms with E-state index >= 15 is 0 Å². The quantitative estimate of drug-likeness (QED) is 0.813. The maximum absolute atomic E-state index is 12.1. The highest BCUT2D eigenvalue weighted by Gasteiger charge is 2.35. The average Bonchev–Trinajstić information content (AvgIpc) is 3.12. The van der Waals surface area contributed by atoms with E-state index in [0.717, 1.165) is 6.42 Å². The first-order valence-corrected chi connectivity index (χ1v) is 5.97. The van der Waals surface area contributed by atoms with E-state index in [1.807, 2.05) is 0 Å². The molecular formula is C13H18N2O4. The number of carbonyl (C=O) groups excluding carboxylic acids is 1. The van der Waals surface area contributed by atoms with Crippen LogP contribution in [-0.4, -0.2) is 39.3 Å². The van der Waals surface area contributed by atoms with Crippen LogP contribution in [0, 0.1) is 0 Å². The fourth-order valence-electron chi connectivity index (χ4n) is 1.84. The Bertz CT molecular complexity index is 465. The Hall–Kier alpha value is -1.95. The summed E-state index contributed by atoms with van der Waals surface area (Å²) < 4.78 is 15.6. The molecule has 2 atom stereocenters. The van der Waals surface area contributed by atoms with Crippen molar-refractivity contribution in [3.8, 4) is 17.2 Å². The van der Waals surface area contributed by atoms with Crippen molar-refractivity contribution < 1.29 is 19.0 Å². The summed E-state index contributed by atoms with van der Waals surface area (Å²) in [6, 6.07) is 3.35. The predicted molar refractivity (Wildman–Crippen MR) is 69.9 cm³/mol. The molecule has 1 aromatic rings. The third-order valence-corrected chi connectivity index (χ3v) is 3.08. The first-order valence-electron chi connectivity index (χ1n) is 5.97. The van der Waals surface area contributed by atoms with E-state index in [0.29, 0.717) is 22.8 Å². The number of nitrogens with one attached hydrogen (secondary N) is 1. The van der Waals surface area contributed by atoms with Gasteiger partial charge < -0.3 is 25.3 Å². The largest absolute Gasteiger partial charge is 0.493 e. The number of hydrogen-bond donors (Lipinski definition) is 2. The maximum atomic E-state index is 12.1. The van der Waals surface area contributed by atoms with E-state index in [2.05, 4.69) is 5.32 Å². The summed E-state index contributed by atoms with van der Waals surface area (Å²) in [4.78, 5) is 12.1. The Morgan fingerprint density at radius 3 is 2.11 bits per heavy atom. The van der Waals surface area contributed by atoms with Crippen molar-refractivity contribution >= 4 is 5.91 Å². The van der Waals surface area contributed by atoms with E-state index in [9.17, 15) is 4.79 Å². The van der Waals surface area contributed by atoms with Gasteiger partial charge in [-0.3, -0.25) is 4.79 Å². The molecule has 6 heteroatoms. The third kappa shape index (κ3) is 2.73. The SMILES string of the molecule is COc1cc(C(=O)NC2CC2N)cc(OC)c1OC. The van der Waals surface area contributed by atoms with Crippen LogP contribution >= 0.6 is 0 Å². The van der Waals surface area contributed by atoms with Gasteiger partial charge in [0.2, 0.25) is 5.75 Å². The molecule has 0 heterocycles. The minimum Gasteiger partial charge on any atom is -0.493 e. The lowest BCUT2D eigenvalue weighted by atomic mass is 10.1. The van der Waals surface area contributed by atoms with Crippen molar-refractivity contribution in [1.82, 2.24) is 5.32 Å². The van der Waals surface area contributed by atoms with Gasteiger partial charge in [0.25, 0.3) is 5.91 Å². The minimum absolute atomic E-state index is 0.0611. The number of carbonyl (C=O) groups is 1. The van der Waals surface area contributed by atoms with E-state index in [-0.39, 0.29) is 18.0 Å². The summed E-state index contributed by atoms with van der Waals surface area (Å²) in [6.45, 7) is 0. The number of methoxy groups -OCH3 is 3. The number of nitrogens with two attached hydrogens (primary N) is 1. The molecule has 3 N–H and O–H groups in total. The zero-order valence-electron chi connectivity index (χ0n) is 11.2. The minimum atomic E-state index is -0.197. The number of benzene rings is 1. The van der Waals surface area contributed by atoms with E-state index in [1.54, 1.807) is 12.1 Å². The second-order valence-corrected chi connectivity index (χ2v) is 4.39. The van der Waals surface area contributed by atoms with Gasteiger partial charge in [-0.2, -0.15) is 0 Å². The van der Waals surface area contributed by atoms with Gasteiger partial charge in [-0.15, -0.1) is 0 Å². The van der Waals surface area contributed by atoms with Crippen molar-refractivity contribution in [1.29, 1.82) is 0 Å². The number of ether oxygens (including phenoxy) is 3. The summed E-state index contributed by atoms with van der Waals surface area (Å²) in [5.41, 5.74) is 6.12. The normalized spacial score (nSPS) is 20.6. The van der Waals surface area contributed by atoms with Crippen molar-refractivity contribution in [3.63, 3.8) is 0 Å². The van der Waals surface area contributed by atoms with Crippen LogP contribution in [0.1, 0.15) is 16.8 Å². The van der Waals surface area contributed by atoms with Crippen LogP contribution in [0.2, 0.25) is 0 Å². The van der Waals surface area contributed by atoms with Crippen LogP contribution in [0.25, 0.3) is 0 Å². The highest BCUT2D eigenvalue weighted by Crippen LogP contribution is 2.38. The van der Waals surface area contributed by atoms with Gasteiger partial charge in [-0.25, -0.2) is 0 Å². The van der Waals surface area contributed by atoms with Gasteiger partial charge in [-0.1, -0.05) is 0 Å². The lowest BCUT2D eigenvalue weighted by molar-refractivity contribution is 0.0949. The Labute approximate surface area is 111 Å². The van der Waals surface area contributed by atoms with Gasteiger partial charge in [-0.05, 0) is 18.6 Å². The highest BCUT2D eigenvalue weighted by molar-refractivity contribution is 5.96. The summed E-state index contributed by atoms with van der Waals surface area (Å²) in [5, 5.41) is 2.84. The van der Waals surface area contributed by atoms with Crippen LogP contribution in [-0.2, 0) is 0 Å². The van der Waals surface area contributed by atoms with Gasteiger partial charge >= 0.3 is 0 Å². The summed E-state index contributed by atoms with van der Waals surface area (Å²) >= 11 is 0. The topological polar surface area (TPSA) is 82.8 Å². The van der Waals surface area contributed by atoms with E-state index < -0.39 is 0 Å². The van der Waals surface area contributed by atoms with E-state index in [4.69, 9.17) is 19.9 Å². The lowest BCUT2D eigenvalue weighted by Gasteiger charge is -2.14. The number of rotatable bonds is 5. The van der Waals surface area contributed by atoms with Crippen molar-refractivity contribution in [3.05, 3.63) is 17.7 Å². The molecule has 19 heavy (non-hydrogen) atoms. The molecule has 2 unspecified atom stereocenters. The molecule has 1 aromatic carbocycles. The zero-order chi connectivity index (χ0) is 14.0. The lowest BCUT2D eigenvalue weighted by Crippen LogP contribution is -2.29. The molecule has 104 valence electrons. The van der Waals surface area contributed by atoms with Crippen LogP contribution in [0.15, 0.2) is 12.1 Å². The van der Waals surface area contributed by atoms with Gasteiger partial charge in [0, 0.05) is 17.6 Å². The van der Waals surface area contributed by atoms with Crippen LogP contribution in [0.4, 0.5) is 0 Å². The standard InChI is InChI=1S/C13H18N2O4/c1-17-10-4-7(5-11(18-2)12(10)19-3)13(16)15-9-6-8(9)14/h4-5,8-9H,6,14H2,1-3H3,(H,15,16). The highest BCUT2D eigenvalue weighted by atomic mass is 16.5.